The minimum absolute atomic E-state index is 0.0418. The van der Waals surface area contributed by atoms with Gasteiger partial charge >= 0.3 is 0 Å². The van der Waals surface area contributed by atoms with Crippen LogP contribution in [0.4, 0.5) is 10.1 Å². The fraction of sp³-hybridized carbons (Fsp3) is 0.267. The summed E-state index contributed by atoms with van der Waals surface area (Å²) in [5.74, 6) is -0.0104. The first-order valence-electron chi connectivity index (χ1n) is 6.46. The number of hydrogen-bond donors (Lipinski definition) is 2. The van der Waals surface area contributed by atoms with Crippen molar-refractivity contribution in [1.29, 1.82) is 5.26 Å². The molecule has 6 heteroatoms. The molecule has 5 nitrogen and oxygen atoms in total. The Labute approximate surface area is 121 Å². The number of nitriles is 1. The van der Waals surface area contributed by atoms with Crippen molar-refractivity contribution in [2.45, 2.75) is 26.8 Å². The lowest BCUT2D eigenvalue weighted by molar-refractivity contribution is 0.624. The first-order valence-corrected chi connectivity index (χ1v) is 6.46. The van der Waals surface area contributed by atoms with Gasteiger partial charge in [0.25, 0.3) is 5.56 Å². The summed E-state index contributed by atoms with van der Waals surface area (Å²) in [5, 5.41) is 11.9. The first-order chi connectivity index (χ1) is 9.92. The number of aromatic amines is 1. The van der Waals surface area contributed by atoms with Gasteiger partial charge < -0.3 is 10.3 Å². The summed E-state index contributed by atoms with van der Waals surface area (Å²) in [6.45, 7) is 5.29. The minimum atomic E-state index is -0.568. The molecule has 21 heavy (non-hydrogen) atoms. The Morgan fingerprint density at radius 1 is 1.43 bits per heavy atom. The van der Waals surface area contributed by atoms with Gasteiger partial charge in [-0.1, -0.05) is 0 Å². The number of hydrogen-bond acceptors (Lipinski definition) is 4. The van der Waals surface area contributed by atoms with Gasteiger partial charge in [-0.15, -0.1) is 0 Å². The zero-order chi connectivity index (χ0) is 15.6. The van der Waals surface area contributed by atoms with Gasteiger partial charge in [0.1, 0.15) is 17.7 Å². The molecule has 0 radical (unpaired) electrons. The average molecular weight is 286 g/mol. The summed E-state index contributed by atoms with van der Waals surface area (Å²) in [5.41, 5.74) is 1.48. The van der Waals surface area contributed by atoms with Crippen LogP contribution in [0.2, 0.25) is 0 Å². The number of halogens is 1. The lowest BCUT2D eigenvalue weighted by atomic mass is 10.1. The highest BCUT2D eigenvalue weighted by Gasteiger charge is 2.15. The lowest BCUT2D eigenvalue weighted by Crippen LogP contribution is -2.23. The van der Waals surface area contributed by atoms with Crippen molar-refractivity contribution in [2.75, 3.05) is 5.32 Å². The van der Waals surface area contributed by atoms with E-state index in [2.05, 4.69) is 15.3 Å². The van der Waals surface area contributed by atoms with Gasteiger partial charge in [0.15, 0.2) is 0 Å². The van der Waals surface area contributed by atoms with E-state index in [0.717, 1.165) is 0 Å². The number of aryl methyl sites for hydroxylation is 2. The summed E-state index contributed by atoms with van der Waals surface area (Å²) >= 11 is 0. The van der Waals surface area contributed by atoms with E-state index in [4.69, 9.17) is 5.26 Å². The molecule has 1 heterocycles. The maximum absolute atomic E-state index is 13.3. The molecule has 2 N–H and O–H groups in total. The predicted molar refractivity (Wildman–Crippen MR) is 77.5 cm³/mol. The zero-order valence-corrected chi connectivity index (χ0v) is 12.0. The van der Waals surface area contributed by atoms with Crippen LogP contribution in [-0.4, -0.2) is 9.97 Å². The SMILES string of the molecule is Cc1nc(C)c(C(C)Nc2ccc(F)c(C#N)c2)c(=O)[nH]1. The van der Waals surface area contributed by atoms with Crippen LogP contribution >= 0.6 is 0 Å². The molecule has 0 bridgehead atoms. The molecule has 1 atom stereocenters. The number of aromatic nitrogens is 2. The van der Waals surface area contributed by atoms with E-state index in [1.54, 1.807) is 19.9 Å². The Balaban J connectivity index is 2.33. The molecule has 1 aromatic heterocycles. The van der Waals surface area contributed by atoms with Crippen molar-refractivity contribution < 1.29 is 4.39 Å². The number of benzene rings is 1. The van der Waals surface area contributed by atoms with Gasteiger partial charge in [-0.2, -0.15) is 5.26 Å². The number of nitrogens with one attached hydrogen (secondary N) is 2. The van der Waals surface area contributed by atoms with Crippen LogP contribution in [0.3, 0.4) is 0 Å². The molecule has 0 saturated carbocycles. The minimum Gasteiger partial charge on any atom is -0.378 e. The maximum Gasteiger partial charge on any atom is 0.256 e. The van der Waals surface area contributed by atoms with Gasteiger partial charge in [0.2, 0.25) is 0 Å². The highest BCUT2D eigenvalue weighted by Crippen LogP contribution is 2.20. The van der Waals surface area contributed by atoms with Crippen LogP contribution in [0.25, 0.3) is 0 Å². The highest BCUT2D eigenvalue weighted by molar-refractivity contribution is 5.51. The second-order valence-electron chi connectivity index (χ2n) is 4.82. The molecule has 0 aliphatic carbocycles. The van der Waals surface area contributed by atoms with E-state index in [-0.39, 0.29) is 17.2 Å². The molecule has 0 saturated heterocycles. The van der Waals surface area contributed by atoms with E-state index in [1.807, 2.05) is 6.92 Å². The van der Waals surface area contributed by atoms with Gasteiger partial charge in [-0.25, -0.2) is 9.37 Å². The normalized spacial score (nSPS) is 11.8. The molecular weight excluding hydrogens is 271 g/mol. The fourth-order valence-corrected chi connectivity index (χ4v) is 2.27. The van der Waals surface area contributed by atoms with E-state index in [0.29, 0.717) is 22.8 Å². The number of rotatable bonds is 3. The number of nitrogens with zero attached hydrogens (tertiary/aromatic N) is 2. The molecule has 0 spiro atoms. The Morgan fingerprint density at radius 3 is 2.76 bits per heavy atom. The average Bonchev–Trinajstić information content (AvgIpc) is 2.39. The Bertz CT molecular complexity index is 776. The molecule has 0 amide bonds. The molecule has 2 rings (SSSR count). The summed E-state index contributed by atoms with van der Waals surface area (Å²) in [6.07, 6.45) is 0. The van der Waals surface area contributed by atoms with Crippen molar-refractivity contribution in [3.8, 4) is 6.07 Å². The predicted octanol–water partition coefficient (Wildman–Crippen LogP) is 2.57. The van der Waals surface area contributed by atoms with Gasteiger partial charge in [-0.05, 0) is 39.0 Å². The van der Waals surface area contributed by atoms with Crippen molar-refractivity contribution in [1.82, 2.24) is 9.97 Å². The third-order valence-electron chi connectivity index (χ3n) is 3.17. The van der Waals surface area contributed by atoms with Crippen molar-refractivity contribution >= 4 is 5.69 Å². The summed E-state index contributed by atoms with van der Waals surface area (Å²) in [6, 6.07) is 5.62. The third-order valence-corrected chi connectivity index (χ3v) is 3.17. The molecule has 108 valence electrons. The monoisotopic (exact) mass is 286 g/mol. The van der Waals surface area contributed by atoms with E-state index in [9.17, 15) is 9.18 Å². The van der Waals surface area contributed by atoms with Crippen LogP contribution in [-0.2, 0) is 0 Å². The molecule has 2 aromatic rings. The van der Waals surface area contributed by atoms with E-state index < -0.39 is 5.82 Å². The van der Waals surface area contributed by atoms with Crippen LogP contribution in [0.5, 0.6) is 0 Å². The smallest absolute Gasteiger partial charge is 0.256 e. The van der Waals surface area contributed by atoms with Gasteiger partial charge in [0, 0.05) is 5.69 Å². The number of anilines is 1. The Morgan fingerprint density at radius 2 is 2.14 bits per heavy atom. The van der Waals surface area contributed by atoms with Crippen LogP contribution in [0, 0.1) is 31.0 Å². The van der Waals surface area contributed by atoms with E-state index >= 15 is 0 Å². The lowest BCUT2D eigenvalue weighted by Gasteiger charge is -2.17. The molecule has 1 unspecified atom stereocenters. The van der Waals surface area contributed by atoms with Crippen molar-refractivity contribution in [3.63, 3.8) is 0 Å². The highest BCUT2D eigenvalue weighted by atomic mass is 19.1. The molecule has 1 aromatic carbocycles. The maximum atomic E-state index is 13.3. The van der Waals surface area contributed by atoms with Crippen LogP contribution in [0.1, 0.15) is 35.6 Å². The summed E-state index contributed by atoms with van der Waals surface area (Å²) in [7, 11) is 0. The quantitative estimate of drug-likeness (QED) is 0.908. The Hall–Kier alpha value is -2.68. The fourth-order valence-electron chi connectivity index (χ4n) is 2.27. The molecule has 0 fully saturated rings. The van der Waals surface area contributed by atoms with Crippen molar-refractivity contribution in [2.24, 2.45) is 0 Å². The van der Waals surface area contributed by atoms with Crippen LogP contribution in [0.15, 0.2) is 23.0 Å². The van der Waals surface area contributed by atoms with E-state index in [1.165, 1.54) is 18.2 Å². The molecular formula is C15H15FN4O. The summed E-state index contributed by atoms with van der Waals surface area (Å²) in [4.78, 5) is 18.9. The number of H-pyrrole nitrogens is 1. The Kier molecular flexibility index (Phi) is 4.03. The molecule has 0 aliphatic heterocycles. The zero-order valence-electron chi connectivity index (χ0n) is 12.0. The topological polar surface area (TPSA) is 81.6 Å². The molecule has 0 aliphatic rings. The van der Waals surface area contributed by atoms with Gasteiger partial charge in [-0.3, -0.25) is 4.79 Å². The standard InChI is InChI=1S/C15H15FN4O/c1-8-14(15(21)20-10(3)18-8)9(2)19-12-4-5-13(16)11(6-12)7-17/h4-6,9,19H,1-3H3,(H,18,20,21). The second-order valence-corrected chi connectivity index (χ2v) is 4.82. The summed E-state index contributed by atoms with van der Waals surface area (Å²) < 4.78 is 13.3. The second kappa shape index (κ2) is 5.75. The largest absolute Gasteiger partial charge is 0.378 e. The van der Waals surface area contributed by atoms with Gasteiger partial charge in [0.05, 0.1) is 22.9 Å². The van der Waals surface area contributed by atoms with Crippen molar-refractivity contribution in [3.05, 3.63) is 57.0 Å². The van der Waals surface area contributed by atoms with Crippen LogP contribution < -0.4 is 10.9 Å². The first kappa shape index (κ1) is 14.7. The third kappa shape index (κ3) is 3.08.